The van der Waals surface area contributed by atoms with Crippen molar-refractivity contribution < 1.29 is 4.79 Å². The zero-order valence-corrected chi connectivity index (χ0v) is 7.23. The van der Waals surface area contributed by atoms with Crippen molar-refractivity contribution in [2.24, 2.45) is 5.73 Å². The largest absolute Gasteiger partial charge is 0.370 e. The summed E-state index contributed by atoms with van der Waals surface area (Å²) in [4.78, 5) is 10.3. The van der Waals surface area contributed by atoms with Gasteiger partial charge >= 0.3 is 0 Å². The van der Waals surface area contributed by atoms with Crippen LogP contribution in [0.1, 0.15) is 32.6 Å². The Labute approximate surface area is 67.6 Å². The lowest BCUT2D eigenvalue weighted by molar-refractivity contribution is -0.118. The number of unbranched alkanes of at least 4 members (excludes halogenated alkanes) is 1. The van der Waals surface area contributed by atoms with Gasteiger partial charge in [0.25, 0.3) is 0 Å². The number of hydrogen-bond donors (Lipinski definition) is 2. The average molecular weight is 161 g/mol. The fraction of sp³-hybridized carbons (Fsp3) is 0.857. The molecule has 1 amide bonds. The van der Waals surface area contributed by atoms with E-state index in [9.17, 15) is 4.79 Å². The topological polar surface area (TPSA) is 43.1 Å². The summed E-state index contributed by atoms with van der Waals surface area (Å²) in [5.41, 5.74) is 4.98. The van der Waals surface area contributed by atoms with Crippen LogP contribution in [0, 0.1) is 0 Å². The molecule has 0 aromatic carbocycles. The van der Waals surface area contributed by atoms with Crippen LogP contribution in [0.25, 0.3) is 0 Å². The van der Waals surface area contributed by atoms with Crippen molar-refractivity contribution in [3.63, 3.8) is 0 Å². The number of primary amides is 1. The lowest BCUT2D eigenvalue weighted by Gasteiger charge is -2.05. The van der Waals surface area contributed by atoms with Crippen LogP contribution in [0.5, 0.6) is 0 Å². The lowest BCUT2D eigenvalue weighted by atomic mass is 10.1. The van der Waals surface area contributed by atoms with E-state index in [2.05, 4.69) is 19.6 Å². The molecule has 1 atom stereocenters. The van der Waals surface area contributed by atoms with E-state index in [1.807, 2.05) is 0 Å². The van der Waals surface area contributed by atoms with Gasteiger partial charge < -0.3 is 5.73 Å². The van der Waals surface area contributed by atoms with E-state index in [4.69, 9.17) is 5.73 Å². The highest BCUT2D eigenvalue weighted by Gasteiger charge is 2.04. The third kappa shape index (κ3) is 5.95. The van der Waals surface area contributed by atoms with Gasteiger partial charge in [-0.1, -0.05) is 19.8 Å². The monoisotopic (exact) mass is 161 g/mol. The first-order valence-corrected chi connectivity index (χ1v) is 4.14. The summed E-state index contributed by atoms with van der Waals surface area (Å²) < 4.78 is 0. The van der Waals surface area contributed by atoms with Crippen molar-refractivity contribution in [3.05, 3.63) is 0 Å². The Balaban J connectivity index is 3.25. The van der Waals surface area contributed by atoms with Crippen LogP contribution in [-0.4, -0.2) is 11.2 Å². The van der Waals surface area contributed by atoms with E-state index in [-0.39, 0.29) is 11.2 Å². The molecule has 0 bridgehead atoms. The smallest absolute Gasteiger partial charge is 0.218 e. The van der Waals surface area contributed by atoms with Crippen molar-refractivity contribution in [2.45, 2.75) is 37.9 Å². The van der Waals surface area contributed by atoms with Crippen LogP contribution in [-0.2, 0) is 4.79 Å². The molecule has 2 N–H and O–H groups in total. The van der Waals surface area contributed by atoms with E-state index in [0.717, 1.165) is 19.3 Å². The molecule has 2 nitrogen and oxygen atoms in total. The van der Waals surface area contributed by atoms with Gasteiger partial charge in [-0.25, -0.2) is 0 Å². The van der Waals surface area contributed by atoms with Gasteiger partial charge in [-0.3, -0.25) is 4.79 Å². The second-order valence-corrected chi connectivity index (χ2v) is 3.20. The van der Waals surface area contributed by atoms with Crippen LogP contribution in [0.3, 0.4) is 0 Å². The van der Waals surface area contributed by atoms with Gasteiger partial charge in [0, 0.05) is 11.7 Å². The minimum absolute atomic E-state index is 0.164. The summed E-state index contributed by atoms with van der Waals surface area (Å²) in [6.07, 6.45) is 3.67. The standard InChI is InChI=1S/C7H15NOS/c1-2-3-4-6(10)5-7(8)9/h6,10H,2-5H2,1H3,(H2,8,9). The Bertz CT molecular complexity index is 106. The first-order chi connectivity index (χ1) is 4.66. The molecule has 0 saturated carbocycles. The van der Waals surface area contributed by atoms with Crippen molar-refractivity contribution in [2.75, 3.05) is 0 Å². The van der Waals surface area contributed by atoms with Crippen molar-refractivity contribution in [1.29, 1.82) is 0 Å². The molecule has 60 valence electrons. The molecule has 0 rings (SSSR count). The lowest BCUT2D eigenvalue weighted by Crippen LogP contribution is -2.16. The van der Waals surface area contributed by atoms with E-state index in [1.165, 1.54) is 0 Å². The van der Waals surface area contributed by atoms with Gasteiger partial charge in [-0.15, -0.1) is 0 Å². The maximum absolute atomic E-state index is 10.3. The fourth-order valence-electron chi connectivity index (χ4n) is 0.774. The molecule has 0 aliphatic heterocycles. The molecule has 0 radical (unpaired) electrons. The Morgan fingerprint density at radius 3 is 2.70 bits per heavy atom. The van der Waals surface area contributed by atoms with Gasteiger partial charge in [0.15, 0.2) is 0 Å². The Morgan fingerprint density at radius 2 is 2.30 bits per heavy atom. The summed E-state index contributed by atoms with van der Waals surface area (Å²) in [6, 6.07) is 0. The van der Waals surface area contributed by atoms with Gasteiger partial charge in [-0.2, -0.15) is 12.6 Å². The van der Waals surface area contributed by atoms with Gasteiger partial charge in [0.1, 0.15) is 0 Å². The third-order valence-electron chi connectivity index (χ3n) is 1.33. The minimum Gasteiger partial charge on any atom is -0.370 e. The quantitative estimate of drug-likeness (QED) is 0.587. The van der Waals surface area contributed by atoms with Crippen LogP contribution in [0.15, 0.2) is 0 Å². The van der Waals surface area contributed by atoms with E-state index < -0.39 is 0 Å². The maximum Gasteiger partial charge on any atom is 0.218 e. The number of carbonyl (C=O) groups is 1. The number of thiol groups is 1. The molecule has 0 aromatic heterocycles. The minimum atomic E-state index is -0.254. The van der Waals surface area contributed by atoms with Crippen LogP contribution >= 0.6 is 12.6 Å². The summed E-state index contributed by atoms with van der Waals surface area (Å²) >= 11 is 4.20. The first kappa shape index (κ1) is 9.82. The molecule has 0 fully saturated rings. The number of rotatable bonds is 5. The normalized spacial score (nSPS) is 13.0. The molecule has 0 aromatic rings. The van der Waals surface area contributed by atoms with Gasteiger partial charge in [-0.05, 0) is 6.42 Å². The van der Waals surface area contributed by atoms with Crippen LogP contribution in [0.4, 0.5) is 0 Å². The molecule has 0 spiro atoms. The predicted octanol–water partition coefficient (Wildman–Crippen LogP) is 1.35. The molecule has 0 aliphatic rings. The first-order valence-electron chi connectivity index (χ1n) is 3.63. The van der Waals surface area contributed by atoms with Crippen molar-refractivity contribution in [3.8, 4) is 0 Å². The predicted molar refractivity (Wildman–Crippen MR) is 46.1 cm³/mol. The highest BCUT2D eigenvalue weighted by atomic mass is 32.1. The molecule has 1 unspecified atom stereocenters. The second-order valence-electron chi connectivity index (χ2n) is 2.47. The molecular weight excluding hydrogens is 146 g/mol. The Morgan fingerprint density at radius 1 is 1.70 bits per heavy atom. The maximum atomic E-state index is 10.3. The summed E-state index contributed by atoms with van der Waals surface area (Å²) in [7, 11) is 0. The van der Waals surface area contributed by atoms with E-state index >= 15 is 0 Å². The van der Waals surface area contributed by atoms with E-state index in [1.54, 1.807) is 0 Å². The number of carbonyl (C=O) groups excluding carboxylic acids is 1. The molecule has 0 heterocycles. The van der Waals surface area contributed by atoms with E-state index in [0.29, 0.717) is 6.42 Å². The SMILES string of the molecule is CCCCC(S)CC(N)=O. The zero-order valence-electron chi connectivity index (χ0n) is 6.34. The fourth-order valence-corrected chi connectivity index (χ4v) is 1.14. The highest BCUT2D eigenvalue weighted by molar-refractivity contribution is 7.81. The summed E-state index contributed by atoms with van der Waals surface area (Å²) in [5, 5.41) is 0.164. The van der Waals surface area contributed by atoms with Crippen LogP contribution < -0.4 is 5.73 Å². The molecule has 0 saturated heterocycles. The third-order valence-corrected chi connectivity index (χ3v) is 1.77. The Kier molecular flexibility index (Phi) is 5.49. The molecular formula is C7H15NOS. The molecule has 10 heavy (non-hydrogen) atoms. The summed E-state index contributed by atoms with van der Waals surface area (Å²) in [5.74, 6) is -0.254. The number of amides is 1. The number of hydrogen-bond acceptors (Lipinski definition) is 2. The van der Waals surface area contributed by atoms with Crippen LogP contribution in [0.2, 0.25) is 0 Å². The van der Waals surface area contributed by atoms with Gasteiger partial charge in [0.05, 0.1) is 0 Å². The average Bonchev–Trinajstić information content (AvgIpc) is 1.82. The molecule has 3 heteroatoms. The summed E-state index contributed by atoms with van der Waals surface area (Å²) in [6.45, 7) is 2.12. The Hall–Kier alpha value is -0.180. The van der Waals surface area contributed by atoms with Crippen molar-refractivity contribution >= 4 is 18.5 Å². The second kappa shape index (κ2) is 5.59. The molecule has 0 aliphatic carbocycles. The number of nitrogens with two attached hydrogens (primary N) is 1. The highest BCUT2D eigenvalue weighted by Crippen LogP contribution is 2.09. The van der Waals surface area contributed by atoms with Crippen molar-refractivity contribution in [1.82, 2.24) is 0 Å². The zero-order chi connectivity index (χ0) is 7.98. The van der Waals surface area contributed by atoms with Gasteiger partial charge in [0.2, 0.25) is 5.91 Å².